The van der Waals surface area contributed by atoms with Crippen LogP contribution in [0.1, 0.15) is 30.6 Å². The predicted molar refractivity (Wildman–Crippen MR) is 61.7 cm³/mol. The van der Waals surface area contributed by atoms with Gasteiger partial charge < -0.3 is 9.84 Å². The lowest BCUT2D eigenvalue weighted by Crippen LogP contribution is -2.13. The Morgan fingerprint density at radius 1 is 1.29 bits per heavy atom. The van der Waals surface area contributed by atoms with Crippen molar-refractivity contribution in [2.75, 3.05) is 13.7 Å². The Hall–Kier alpha value is -1.00. The van der Waals surface area contributed by atoms with Crippen LogP contribution in [0.2, 0.25) is 0 Å². The molecule has 96 valence electrons. The van der Waals surface area contributed by atoms with Gasteiger partial charge in [0.15, 0.2) is 0 Å². The Bertz CT molecular complexity index is 380. The molecule has 2 unspecified atom stereocenters. The van der Waals surface area contributed by atoms with E-state index in [-0.39, 0.29) is 11.5 Å². The van der Waals surface area contributed by atoms with E-state index in [1.165, 1.54) is 6.07 Å². The molecule has 0 radical (unpaired) electrons. The van der Waals surface area contributed by atoms with Crippen LogP contribution in [0.3, 0.4) is 0 Å². The molecule has 2 atom stereocenters. The van der Waals surface area contributed by atoms with Gasteiger partial charge in [-0.1, -0.05) is 6.92 Å². The van der Waals surface area contributed by atoms with Crippen molar-refractivity contribution < 1.29 is 18.6 Å². The first kappa shape index (κ1) is 14.1. The number of methoxy groups -OCH3 is 1. The van der Waals surface area contributed by atoms with Crippen molar-refractivity contribution in [1.29, 1.82) is 0 Å². The third-order valence-electron chi connectivity index (χ3n) is 2.91. The first-order chi connectivity index (χ1) is 7.97. The molecular weight excluding hydrogens is 226 g/mol. The third kappa shape index (κ3) is 3.48. The van der Waals surface area contributed by atoms with Crippen LogP contribution in [0.25, 0.3) is 0 Å². The van der Waals surface area contributed by atoms with E-state index in [1.54, 1.807) is 14.0 Å². The van der Waals surface area contributed by atoms with Crippen LogP contribution in [0, 0.1) is 24.5 Å². The van der Waals surface area contributed by atoms with Crippen LogP contribution in [0.4, 0.5) is 8.78 Å². The van der Waals surface area contributed by atoms with Gasteiger partial charge in [-0.05, 0) is 30.9 Å². The summed E-state index contributed by atoms with van der Waals surface area (Å²) in [6, 6.07) is 2.18. The second-order valence-electron chi connectivity index (χ2n) is 4.33. The summed E-state index contributed by atoms with van der Waals surface area (Å²) in [5, 5.41) is 9.99. The number of hydrogen-bond donors (Lipinski definition) is 1. The molecule has 0 saturated heterocycles. The van der Waals surface area contributed by atoms with Crippen molar-refractivity contribution in [1.82, 2.24) is 0 Å². The molecule has 1 aromatic carbocycles. The molecule has 2 nitrogen and oxygen atoms in total. The predicted octanol–water partition coefficient (Wildman–Crippen LogP) is 2.98. The molecule has 0 amide bonds. The smallest absolute Gasteiger partial charge is 0.131 e. The second kappa shape index (κ2) is 6.07. The molecule has 0 heterocycles. The Morgan fingerprint density at radius 2 is 1.94 bits per heavy atom. The zero-order chi connectivity index (χ0) is 13.0. The van der Waals surface area contributed by atoms with Crippen LogP contribution in [0.15, 0.2) is 12.1 Å². The highest BCUT2D eigenvalue weighted by Gasteiger charge is 2.20. The molecule has 0 saturated carbocycles. The number of hydrogen-bond acceptors (Lipinski definition) is 2. The van der Waals surface area contributed by atoms with Gasteiger partial charge in [0, 0.05) is 25.3 Å². The molecular formula is C13H18F2O2. The highest BCUT2D eigenvalue weighted by Crippen LogP contribution is 2.28. The average molecular weight is 244 g/mol. The first-order valence-corrected chi connectivity index (χ1v) is 5.60. The van der Waals surface area contributed by atoms with Gasteiger partial charge in [-0.15, -0.1) is 0 Å². The highest BCUT2D eigenvalue weighted by molar-refractivity contribution is 5.27. The van der Waals surface area contributed by atoms with Crippen LogP contribution < -0.4 is 0 Å². The lowest BCUT2D eigenvalue weighted by Gasteiger charge is -2.20. The monoisotopic (exact) mass is 244 g/mol. The van der Waals surface area contributed by atoms with E-state index < -0.39 is 17.7 Å². The number of benzene rings is 1. The largest absolute Gasteiger partial charge is 0.388 e. The van der Waals surface area contributed by atoms with E-state index in [0.29, 0.717) is 18.6 Å². The van der Waals surface area contributed by atoms with Crippen LogP contribution in [0.5, 0.6) is 0 Å². The second-order valence-corrected chi connectivity index (χ2v) is 4.33. The highest BCUT2D eigenvalue weighted by atomic mass is 19.1. The van der Waals surface area contributed by atoms with Crippen molar-refractivity contribution >= 4 is 0 Å². The van der Waals surface area contributed by atoms with Crippen molar-refractivity contribution in [3.05, 3.63) is 34.9 Å². The Morgan fingerprint density at radius 3 is 2.53 bits per heavy atom. The zero-order valence-corrected chi connectivity index (χ0v) is 10.3. The quantitative estimate of drug-likeness (QED) is 0.862. The third-order valence-corrected chi connectivity index (χ3v) is 2.91. The number of halogens is 2. The van der Waals surface area contributed by atoms with Gasteiger partial charge in [-0.2, -0.15) is 0 Å². The summed E-state index contributed by atoms with van der Waals surface area (Å²) in [4.78, 5) is 0. The fourth-order valence-electron chi connectivity index (χ4n) is 1.67. The van der Waals surface area contributed by atoms with Crippen LogP contribution in [-0.4, -0.2) is 18.8 Å². The van der Waals surface area contributed by atoms with E-state index >= 15 is 0 Å². The van der Waals surface area contributed by atoms with E-state index in [4.69, 9.17) is 4.74 Å². The maximum Gasteiger partial charge on any atom is 0.131 e. The minimum Gasteiger partial charge on any atom is -0.388 e. The molecule has 1 aromatic rings. The molecule has 4 heteroatoms. The summed E-state index contributed by atoms with van der Waals surface area (Å²) in [6.45, 7) is 3.85. The molecule has 0 spiro atoms. The van der Waals surface area contributed by atoms with Crippen molar-refractivity contribution in [3.8, 4) is 0 Å². The van der Waals surface area contributed by atoms with Gasteiger partial charge in [-0.25, -0.2) is 8.78 Å². The molecule has 1 rings (SSSR count). The molecule has 17 heavy (non-hydrogen) atoms. The molecule has 0 fully saturated rings. The van der Waals surface area contributed by atoms with E-state index in [2.05, 4.69) is 0 Å². The number of aryl methyl sites for hydroxylation is 1. The number of aliphatic hydroxyl groups is 1. The SMILES string of the molecule is COCCC(C)C(O)c1cc(C)c(F)cc1F. The summed E-state index contributed by atoms with van der Waals surface area (Å²) >= 11 is 0. The first-order valence-electron chi connectivity index (χ1n) is 5.60. The van der Waals surface area contributed by atoms with E-state index in [0.717, 1.165) is 6.07 Å². The average Bonchev–Trinajstić information content (AvgIpc) is 2.29. The van der Waals surface area contributed by atoms with Crippen molar-refractivity contribution in [3.63, 3.8) is 0 Å². The van der Waals surface area contributed by atoms with Gasteiger partial charge >= 0.3 is 0 Å². The lowest BCUT2D eigenvalue weighted by molar-refractivity contribution is 0.0857. The van der Waals surface area contributed by atoms with Gasteiger partial charge in [0.2, 0.25) is 0 Å². The van der Waals surface area contributed by atoms with E-state index in [9.17, 15) is 13.9 Å². The molecule has 0 aliphatic heterocycles. The van der Waals surface area contributed by atoms with Gasteiger partial charge in [-0.3, -0.25) is 0 Å². The fourth-order valence-corrected chi connectivity index (χ4v) is 1.67. The summed E-state index contributed by atoms with van der Waals surface area (Å²) in [5.41, 5.74) is 0.479. The molecule has 0 aromatic heterocycles. The summed E-state index contributed by atoms with van der Waals surface area (Å²) < 4.78 is 31.5. The van der Waals surface area contributed by atoms with Gasteiger partial charge in [0.1, 0.15) is 11.6 Å². The normalized spacial score (nSPS) is 14.7. The maximum atomic E-state index is 13.5. The van der Waals surface area contributed by atoms with Crippen LogP contribution in [-0.2, 0) is 4.74 Å². The molecule has 0 bridgehead atoms. The number of rotatable bonds is 5. The van der Waals surface area contributed by atoms with Gasteiger partial charge in [0.05, 0.1) is 6.10 Å². The minimum atomic E-state index is -0.940. The Balaban J connectivity index is 2.88. The topological polar surface area (TPSA) is 29.5 Å². The summed E-state index contributed by atoms with van der Waals surface area (Å²) in [5.74, 6) is -1.44. The van der Waals surface area contributed by atoms with Crippen molar-refractivity contribution in [2.45, 2.75) is 26.4 Å². The Labute approximate surface area is 100 Å². The summed E-state index contributed by atoms with van der Waals surface area (Å²) in [7, 11) is 1.57. The molecule has 0 aliphatic rings. The minimum absolute atomic E-state index is 0.144. The maximum absolute atomic E-state index is 13.5. The van der Waals surface area contributed by atoms with Crippen molar-refractivity contribution in [2.24, 2.45) is 5.92 Å². The Kier molecular flexibility index (Phi) is 5.02. The summed E-state index contributed by atoms with van der Waals surface area (Å²) in [6.07, 6.45) is -0.322. The van der Waals surface area contributed by atoms with Gasteiger partial charge in [0.25, 0.3) is 0 Å². The standard InChI is InChI=1S/C13H18F2O2/c1-8(4-5-17-3)13(16)10-6-9(2)11(14)7-12(10)15/h6-8,13,16H,4-5H2,1-3H3. The number of ether oxygens (including phenoxy) is 1. The zero-order valence-electron chi connectivity index (χ0n) is 10.3. The van der Waals surface area contributed by atoms with E-state index in [1.807, 2.05) is 6.92 Å². The fraction of sp³-hybridized carbons (Fsp3) is 0.538. The molecule has 0 aliphatic carbocycles. The number of aliphatic hydroxyl groups excluding tert-OH is 1. The lowest BCUT2D eigenvalue weighted by atomic mass is 9.93. The van der Waals surface area contributed by atoms with Crippen LogP contribution >= 0.6 is 0 Å². The molecule has 1 N–H and O–H groups in total.